The van der Waals surface area contributed by atoms with Crippen molar-refractivity contribution in [2.45, 2.75) is 13.0 Å². The lowest BCUT2D eigenvalue weighted by molar-refractivity contribution is 0.214. The number of halogens is 3. The molecule has 0 spiro atoms. The van der Waals surface area contributed by atoms with E-state index in [0.717, 1.165) is 21.5 Å². The average molecular weight is 387 g/mol. The van der Waals surface area contributed by atoms with Gasteiger partial charge in [0.25, 0.3) is 0 Å². The molecule has 0 amide bonds. The van der Waals surface area contributed by atoms with Crippen molar-refractivity contribution in [1.29, 1.82) is 0 Å². The fraction of sp³-hybridized carbons (Fsp3) is 0.250. The zero-order chi connectivity index (χ0) is 15.0. The van der Waals surface area contributed by atoms with Gasteiger partial charge < -0.3 is 10.1 Å². The standard InChI is InChI=1S/C16H14BrCl2NO/c1-9-8-21-13-5-3-2-4-10(13)16(9)20-12-7-6-11(17)14(18)15(12)19/h2-7,9,16,20H,8H2,1H3. The minimum absolute atomic E-state index is 0.143. The molecular formula is C16H14BrCl2NO. The van der Waals surface area contributed by atoms with Gasteiger partial charge in [0.2, 0.25) is 0 Å². The summed E-state index contributed by atoms with van der Waals surface area (Å²) in [5.41, 5.74) is 1.98. The molecule has 2 aromatic rings. The summed E-state index contributed by atoms with van der Waals surface area (Å²) < 4.78 is 6.56. The van der Waals surface area contributed by atoms with Crippen molar-refractivity contribution in [3.05, 3.63) is 56.5 Å². The van der Waals surface area contributed by atoms with Gasteiger partial charge in [-0.1, -0.05) is 48.3 Å². The Kier molecular flexibility index (Phi) is 4.34. The van der Waals surface area contributed by atoms with Crippen LogP contribution in [0.15, 0.2) is 40.9 Å². The van der Waals surface area contributed by atoms with Crippen molar-refractivity contribution in [2.24, 2.45) is 5.92 Å². The molecule has 2 nitrogen and oxygen atoms in total. The number of anilines is 1. The fourth-order valence-electron chi connectivity index (χ4n) is 2.52. The third kappa shape index (κ3) is 2.87. The summed E-state index contributed by atoms with van der Waals surface area (Å²) in [6, 6.07) is 12.0. The second-order valence-electron chi connectivity index (χ2n) is 5.17. The van der Waals surface area contributed by atoms with Crippen LogP contribution < -0.4 is 10.1 Å². The SMILES string of the molecule is CC1COc2ccccc2C1Nc1ccc(Br)c(Cl)c1Cl. The van der Waals surface area contributed by atoms with E-state index in [9.17, 15) is 0 Å². The van der Waals surface area contributed by atoms with Crippen molar-refractivity contribution in [3.63, 3.8) is 0 Å². The minimum atomic E-state index is 0.143. The van der Waals surface area contributed by atoms with Crippen LogP contribution in [0.1, 0.15) is 18.5 Å². The number of nitrogens with one attached hydrogen (secondary N) is 1. The van der Waals surface area contributed by atoms with Crippen molar-refractivity contribution >= 4 is 44.8 Å². The summed E-state index contributed by atoms with van der Waals surface area (Å²) in [4.78, 5) is 0. The predicted molar refractivity (Wildman–Crippen MR) is 91.6 cm³/mol. The Morgan fingerprint density at radius 2 is 1.90 bits per heavy atom. The van der Waals surface area contributed by atoms with E-state index >= 15 is 0 Å². The van der Waals surface area contributed by atoms with E-state index in [1.807, 2.05) is 30.3 Å². The van der Waals surface area contributed by atoms with Crippen LogP contribution in [0.5, 0.6) is 5.75 Å². The Balaban J connectivity index is 1.96. The maximum absolute atomic E-state index is 6.34. The molecule has 21 heavy (non-hydrogen) atoms. The van der Waals surface area contributed by atoms with Gasteiger partial charge in [-0.3, -0.25) is 0 Å². The maximum Gasteiger partial charge on any atom is 0.124 e. The van der Waals surface area contributed by atoms with E-state index in [0.29, 0.717) is 22.6 Å². The Morgan fingerprint density at radius 1 is 1.14 bits per heavy atom. The molecule has 2 aromatic carbocycles. The largest absolute Gasteiger partial charge is 0.493 e. The lowest BCUT2D eigenvalue weighted by Gasteiger charge is -2.33. The molecule has 2 unspecified atom stereocenters. The number of ether oxygens (including phenoxy) is 1. The van der Waals surface area contributed by atoms with Crippen molar-refractivity contribution in [2.75, 3.05) is 11.9 Å². The van der Waals surface area contributed by atoms with Crippen molar-refractivity contribution < 1.29 is 4.74 Å². The average Bonchev–Trinajstić information content (AvgIpc) is 2.50. The Bertz CT molecular complexity index is 677. The number of para-hydroxylation sites is 1. The van der Waals surface area contributed by atoms with E-state index in [2.05, 4.69) is 34.2 Å². The van der Waals surface area contributed by atoms with Crippen LogP contribution in [0.3, 0.4) is 0 Å². The van der Waals surface area contributed by atoms with Crippen LogP contribution in [0.4, 0.5) is 5.69 Å². The summed E-state index contributed by atoms with van der Waals surface area (Å²) in [6.45, 7) is 2.83. The number of benzene rings is 2. The maximum atomic E-state index is 6.34. The molecule has 1 aliphatic rings. The molecule has 0 aliphatic carbocycles. The van der Waals surface area contributed by atoms with Gasteiger partial charge in [-0.2, -0.15) is 0 Å². The van der Waals surface area contributed by atoms with Crippen molar-refractivity contribution in [1.82, 2.24) is 0 Å². The summed E-state index contributed by atoms with van der Waals surface area (Å²) in [5, 5.41) is 4.56. The smallest absolute Gasteiger partial charge is 0.124 e. The van der Waals surface area contributed by atoms with Gasteiger partial charge in [-0.25, -0.2) is 0 Å². The number of fused-ring (bicyclic) bond motifs is 1. The van der Waals surface area contributed by atoms with Crippen LogP contribution in [-0.2, 0) is 0 Å². The fourth-order valence-corrected chi connectivity index (χ4v) is 3.35. The Hall–Kier alpha value is -0.900. The normalized spacial score (nSPS) is 20.6. The minimum Gasteiger partial charge on any atom is -0.493 e. The molecule has 5 heteroatoms. The third-order valence-electron chi connectivity index (χ3n) is 3.67. The first kappa shape index (κ1) is 15.0. The second kappa shape index (κ2) is 6.07. The Morgan fingerprint density at radius 3 is 2.71 bits per heavy atom. The van der Waals surface area contributed by atoms with E-state index in [4.69, 9.17) is 27.9 Å². The van der Waals surface area contributed by atoms with Gasteiger partial charge >= 0.3 is 0 Å². The third-order valence-corrected chi connectivity index (χ3v) is 5.44. The van der Waals surface area contributed by atoms with Gasteiger partial charge in [0.15, 0.2) is 0 Å². The predicted octanol–water partition coefficient (Wildman–Crippen LogP) is 5.94. The molecule has 0 bridgehead atoms. The molecule has 0 aromatic heterocycles. The molecule has 3 rings (SSSR count). The van der Waals surface area contributed by atoms with E-state index < -0.39 is 0 Å². The van der Waals surface area contributed by atoms with Gasteiger partial charge in [-0.15, -0.1) is 0 Å². The van der Waals surface area contributed by atoms with Crippen LogP contribution >= 0.6 is 39.1 Å². The molecule has 0 saturated heterocycles. The molecule has 0 saturated carbocycles. The summed E-state index contributed by atoms with van der Waals surface area (Å²) >= 11 is 15.9. The molecule has 2 atom stereocenters. The molecule has 0 fully saturated rings. The van der Waals surface area contributed by atoms with Crippen LogP contribution in [0, 0.1) is 5.92 Å². The molecular weight excluding hydrogens is 373 g/mol. The lowest BCUT2D eigenvalue weighted by atomic mass is 9.92. The topological polar surface area (TPSA) is 21.3 Å². The number of hydrogen-bond donors (Lipinski definition) is 1. The summed E-state index contributed by atoms with van der Waals surface area (Å²) in [7, 11) is 0. The quantitative estimate of drug-likeness (QED) is 0.645. The van der Waals surface area contributed by atoms with Gasteiger partial charge in [0, 0.05) is 16.0 Å². The second-order valence-corrected chi connectivity index (χ2v) is 6.78. The number of rotatable bonds is 2. The molecule has 110 valence electrons. The summed E-state index contributed by atoms with van der Waals surface area (Å²) in [6.07, 6.45) is 0. The first-order valence-corrected chi connectivity index (χ1v) is 8.24. The highest BCUT2D eigenvalue weighted by Crippen LogP contribution is 2.41. The highest BCUT2D eigenvalue weighted by molar-refractivity contribution is 9.10. The zero-order valence-corrected chi connectivity index (χ0v) is 14.5. The highest BCUT2D eigenvalue weighted by atomic mass is 79.9. The monoisotopic (exact) mass is 385 g/mol. The highest BCUT2D eigenvalue weighted by Gasteiger charge is 2.28. The van der Waals surface area contributed by atoms with Gasteiger partial charge in [0.1, 0.15) is 5.75 Å². The van der Waals surface area contributed by atoms with E-state index in [1.54, 1.807) is 0 Å². The van der Waals surface area contributed by atoms with Crippen LogP contribution in [0.25, 0.3) is 0 Å². The first-order chi connectivity index (χ1) is 10.1. The molecule has 1 aliphatic heterocycles. The number of hydrogen-bond acceptors (Lipinski definition) is 2. The Labute approximate surface area is 142 Å². The first-order valence-electron chi connectivity index (χ1n) is 6.69. The van der Waals surface area contributed by atoms with E-state index in [-0.39, 0.29) is 6.04 Å². The molecule has 0 radical (unpaired) electrons. The van der Waals surface area contributed by atoms with Gasteiger partial charge in [0.05, 0.1) is 28.4 Å². The van der Waals surface area contributed by atoms with Crippen molar-refractivity contribution in [3.8, 4) is 5.75 Å². The van der Waals surface area contributed by atoms with Gasteiger partial charge in [-0.05, 0) is 34.1 Å². The summed E-state index contributed by atoms with van der Waals surface area (Å²) in [5.74, 6) is 1.26. The molecule has 1 heterocycles. The van der Waals surface area contributed by atoms with E-state index in [1.165, 1.54) is 0 Å². The van der Waals surface area contributed by atoms with Crippen LogP contribution in [-0.4, -0.2) is 6.61 Å². The lowest BCUT2D eigenvalue weighted by Crippen LogP contribution is -2.28. The van der Waals surface area contributed by atoms with Crippen LogP contribution in [0.2, 0.25) is 10.0 Å². The zero-order valence-electron chi connectivity index (χ0n) is 11.4. The molecule has 1 N–H and O–H groups in total.